The number of hydrogen-bond donors (Lipinski definition) is 7. The van der Waals surface area contributed by atoms with Crippen LogP contribution < -0.4 is 4.74 Å². The Hall–Kier alpha value is -8.01. The van der Waals surface area contributed by atoms with Crippen LogP contribution in [0.2, 0.25) is 0 Å². The SMILES string of the molecule is CC(C)(C)c1cc(C(=O)O)cc(C(C)(C)C)c1.CC(CC(=O)O)c1ccc([N+](=O)[O-])cc1.O=C(O)C(=O)C(Cl)(Cl)Cl.O=C(O)C1CC2CCC1CC2.O=C(O)Cc1c(-c2ccccc2)[nH]c2ccccc12.O=C(O)Cc1cccc(OC(F)(F)F)c1. The third-order valence-corrected chi connectivity index (χ3v) is 14.1. The number of nitrogens with zero attached hydrogens (tertiary/aromatic N) is 1. The molecule has 7 N–H and O–H groups in total. The first-order valence-electron chi connectivity index (χ1n) is 26.6. The molecule has 3 aliphatic rings. The van der Waals surface area contributed by atoms with Crippen LogP contribution in [-0.4, -0.2) is 92.3 Å². The number of nitro groups is 1. The number of nitro benzene ring substituents is 1. The third kappa shape index (κ3) is 24.5. The number of aromatic carboxylic acids is 1. The second-order valence-corrected chi connectivity index (χ2v) is 24.6. The smallest absolute Gasteiger partial charge is 0.481 e. The largest absolute Gasteiger partial charge is 0.573 e. The van der Waals surface area contributed by atoms with E-state index in [9.17, 15) is 56.8 Å². The van der Waals surface area contributed by atoms with Crippen molar-refractivity contribution in [2.45, 2.75) is 127 Å². The van der Waals surface area contributed by atoms with E-state index in [1.54, 1.807) is 31.2 Å². The number of ketones is 1. The Morgan fingerprint density at radius 2 is 1.21 bits per heavy atom. The standard InChI is InChI=1S/C16H13NO2.C15H22O2.C10H11NO4.C9H7F3O3.C9H14O2.C3HCl3O3/c18-15(19)10-13-12-8-4-5-9-14(12)17-16(13)11-6-2-1-3-7-11;1-14(2,3)11-7-10(13(16)17)8-12(9-11)15(4,5)6;1-7(6-10(12)13)8-2-4-9(5-3-8)11(14)15;10-9(11,12)15-7-3-1-2-6(4-7)5-8(13)14;10-9(11)8-5-6-1-3-7(8)4-2-6;4-3(5,6)1(7)2(8)9/h1-9,17H,10H2,(H,18,19);7-9H,1-6H3,(H,16,17);2-5,7H,6H2,1H3,(H,12,13);1-4H,5H2,(H,13,14);6-8H,1-5H2,(H,10,11);(H,8,9). The van der Waals surface area contributed by atoms with E-state index in [1.165, 1.54) is 49.9 Å². The van der Waals surface area contributed by atoms with Crippen molar-refractivity contribution in [1.82, 2.24) is 4.98 Å². The number of carbonyl (C=O) groups excluding carboxylic acids is 1. The van der Waals surface area contributed by atoms with Gasteiger partial charge in [0.1, 0.15) is 5.75 Å². The molecule has 0 aliphatic heterocycles. The van der Waals surface area contributed by atoms with Gasteiger partial charge in [0, 0.05) is 23.0 Å². The first-order valence-corrected chi connectivity index (χ1v) is 27.8. The maximum Gasteiger partial charge on any atom is 0.573 e. The van der Waals surface area contributed by atoms with Crippen molar-refractivity contribution in [3.05, 3.63) is 165 Å². The highest BCUT2D eigenvalue weighted by atomic mass is 35.6. The predicted molar refractivity (Wildman–Crippen MR) is 318 cm³/mol. The fraction of sp³-hybridized carbons (Fsp3) is 0.371. The number of ether oxygens (including phenoxy) is 1. The highest BCUT2D eigenvalue weighted by Crippen LogP contribution is 2.45. The Labute approximate surface area is 509 Å². The molecule has 2 unspecified atom stereocenters. The van der Waals surface area contributed by atoms with E-state index >= 15 is 0 Å². The summed E-state index contributed by atoms with van der Waals surface area (Å²) >= 11 is 14.6. The number of rotatable bonds is 13. The Balaban J connectivity index is 0.000000274. The number of fused-ring (bicyclic) bond motifs is 4. The van der Waals surface area contributed by atoms with Crippen LogP contribution in [0.1, 0.15) is 131 Å². The minimum absolute atomic E-state index is 0.00231. The first kappa shape index (κ1) is 72.2. The summed E-state index contributed by atoms with van der Waals surface area (Å²) < 4.78 is 36.7. The molecule has 18 nitrogen and oxygen atoms in total. The first-order chi connectivity index (χ1) is 39.8. The van der Waals surface area contributed by atoms with Gasteiger partial charge in [0.15, 0.2) is 0 Å². The van der Waals surface area contributed by atoms with E-state index in [0.717, 1.165) is 68.9 Å². The van der Waals surface area contributed by atoms with E-state index in [1.807, 2.05) is 54.6 Å². The van der Waals surface area contributed by atoms with Crippen molar-refractivity contribution >= 4 is 93.0 Å². The molecule has 3 aliphatic carbocycles. The maximum atomic E-state index is 11.8. The number of halogens is 6. The summed E-state index contributed by atoms with van der Waals surface area (Å²) in [5, 5.41) is 63.4. The quantitative estimate of drug-likeness (QED) is 0.0245. The minimum Gasteiger partial charge on any atom is -0.481 e. The number of para-hydroxylation sites is 1. The highest BCUT2D eigenvalue weighted by molar-refractivity contribution is 6.81. The molecule has 5 aromatic carbocycles. The van der Waals surface area contributed by atoms with Crippen molar-refractivity contribution in [1.29, 1.82) is 0 Å². The number of H-pyrrole nitrogens is 1. The number of aromatic amines is 1. The van der Waals surface area contributed by atoms with Gasteiger partial charge in [-0.25, -0.2) is 9.59 Å². The minimum atomic E-state index is -4.76. The van der Waals surface area contributed by atoms with Gasteiger partial charge in [-0.2, -0.15) is 0 Å². The molecular formula is C62H68Cl3F3N2O16. The average Bonchev–Trinajstić information content (AvgIpc) is 2.99. The van der Waals surface area contributed by atoms with Gasteiger partial charge in [-0.1, -0.05) is 175 Å². The van der Waals surface area contributed by atoms with Crippen molar-refractivity contribution in [3.8, 4) is 17.0 Å². The summed E-state index contributed by atoms with van der Waals surface area (Å²) in [7, 11) is 0. The zero-order valence-corrected chi connectivity index (χ0v) is 50.3. The predicted octanol–water partition coefficient (Wildman–Crippen LogP) is 14.7. The van der Waals surface area contributed by atoms with Crippen LogP contribution in [0.25, 0.3) is 22.2 Å². The van der Waals surface area contributed by atoms with Crippen molar-refractivity contribution in [3.63, 3.8) is 0 Å². The monoisotopic (exact) mass is 1260 g/mol. The fourth-order valence-electron chi connectivity index (χ4n) is 9.14. The van der Waals surface area contributed by atoms with Gasteiger partial charge in [-0.15, -0.1) is 13.2 Å². The molecule has 0 amide bonds. The number of benzene rings is 5. The summed E-state index contributed by atoms with van der Waals surface area (Å²) in [6.45, 7) is 14.4. The zero-order chi connectivity index (χ0) is 65.1. The number of alkyl halides is 6. The Kier molecular flexibility index (Phi) is 26.8. The number of non-ortho nitro benzene ring substituents is 1. The van der Waals surface area contributed by atoms with Crippen LogP contribution in [0, 0.1) is 27.9 Å². The van der Waals surface area contributed by atoms with Gasteiger partial charge < -0.3 is 40.4 Å². The Morgan fingerprint density at radius 1 is 0.674 bits per heavy atom. The number of hydrogen-bond acceptors (Lipinski definition) is 10. The van der Waals surface area contributed by atoms with Crippen LogP contribution in [-0.2, 0) is 52.4 Å². The molecule has 464 valence electrons. The van der Waals surface area contributed by atoms with E-state index in [4.69, 9.17) is 65.4 Å². The van der Waals surface area contributed by atoms with Crippen molar-refractivity contribution < 1.29 is 87.0 Å². The average molecular weight is 1260 g/mol. The van der Waals surface area contributed by atoms with Gasteiger partial charge in [0.25, 0.3) is 15.3 Å². The number of aromatic nitrogens is 1. The van der Waals surface area contributed by atoms with Gasteiger partial charge in [-0.05, 0) is 112 Å². The zero-order valence-electron chi connectivity index (χ0n) is 48.0. The normalized spacial score (nSPS) is 15.5. The van der Waals surface area contributed by atoms with Crippen LogP contribution in [0.4, 0.5) is 18.9 Å². The number of nitrogens with one attached hydrogen (secondary N) is 1. The van der Waals surface area contributed by atoms with E-state index in [2.05, 4.69) is 57.3 Å². The summed E-state index contributed by atoms with van der Waals surface area (Å²) in [4.78, 5) is 86.9. The lowest BCUT2D eigenvalue weighted by atomic mass is 9.65. The Bertz CT molecular complexity index is 3270. The fourth-order valence-corrected chi connectivity index (χ4v) is 9.38. The lowest BCUT2D eigenvalue weighted by molar-refractivity contribution is -0.384. The van der Waals surface area contributed by atoms with Crippen LogP contribution in [0.15, 0.2) is 121 Å². The molecule has 0 spiro atoms. The van der Waals surface area contributed by atoms with Gasteiger partial charge >= 0.3 is 42.2 Å². The number of carboxylic acid groups (broad SMARTS) is 6. The number of Topliss-reactive ketones (excluding diaryl/α,β-unsaturated/α-hetero) is 1. The molecule has 3 saturated carbocycles. The van der Waals surface area contributed by atoms with Crippen molar-refractivity contribution in [2.75, 3.05) is 0 Å². The van der Waals surface area contributed by atoms with E-state index in [-0.39, 0.29) is 53.2 Å². The molecule has 1 heterocycles. The molecule has 86 heavy (non-hydrogen) atoms. The van der Waals surface area contributed by atoms with Crippen LogP contribution >= 0.6 is 34.8 Å². The molecule has 0 saturated heterocycles. The van der Waals surface area contributed by atoms with Crippen LogP contribution in [0.5, 0.6) is 5.75 Å². The van der Waals surface area contributed by atoms with Gasteiger partial charge in [0.2, 0.25) is 0 Å². The second-order valence-electron chi connectivity index (χ2n) is 22.3. The summed E-state index contributed by atoms with van der Waals surface area (Å²) in [5.74, 6) is -6.73. The lowest BCUT2D eigenvalue weighted by Crippen LogP contribution is -2.35. The topological polar surface area (TPSA) is 309 Å². The lowest BCUT2D eigenvalue weighted by Gasteiger charge is -2.40. The number of aliphatic carboxylic acids is 5. The molecular weight excluding hydrogens is 1190 g/mol. The summed E-state index contributed by atoms with van der Waals surface area (Å²) in [6.07, 6.45) is 0.815. The summed E-state index contributed by atoms with van der Waals surface area (Å²) in [6, 6.07) is 34.1. The molecule has 2 atom stereocenters. The molecule has 1 aromatic heterocycles. The third-order valence-electron chi connectivity index (χ3n) is 13.6. The summed E-state index contributed by atoms with van der Waals surface area (Å²) in [5.41, 5.74) is 7.23. The number of carboxylic acids is 6. The molecule has 9 rings (SSSR count). The molecule has 3 fully saturated rings. The molecule has 6 aromatic rings. The van der Waals surface area contributed by atoms with Crippen LogP contribution in [0.3, 0.4) is 0 Å². The Morgan fingerprint density at radius 3 is 1.62 bits per heavy atom. The second kappa shape index (κ2) is 31.9. The van der Waals surface area contributed by atoms with E-state index in [0.29, 0.717) is 11.5 Å². The van der Waals surface area contributed by atoms with Gasteiger partial charge in [0.05, 0.1) is 41.4 Å². The maximum absolute atomic E-state index is 11.8. The molecule has 2 bridgehead atoms. The van der Waals surface area contributed by atoms with Gasteiger partial charge in [-0.3, -0.25) is 34.1 Å². The highest BCUT2D eigenvalue weighted by Gasteiger charge is 2.39. The van der Waals surface area contributed by atoms with Crippen molar-refractivity contribution in [2.24, 2.45) is 17.8 Å². The van der Waals surface area contributed by atoms with E-state index < -0.39 is 62.4 Å². The molecule has 24 heteroatoms. The molecule has 0 radical (unpaired) electrons. The number of carbonyl (C=O) groups is 7.